The Kier molecular flexibility index (Phi) is 4.64. The smallest absolute Gasteiger partial charge is 0.334 e. The molecule has 2 saturated carbocycles. The van der Waals surface area contributed by atoms with E-state index in [2.05, 4.69) is 32.6 Å². The minimum absolute atomic E-state index is 0.0307. The zero-order chi connectivity index (χ0) is 26.4. The average Bonchev–Trinajstić information content (AvgIpc) is 3.48. The zero-order valence-corrected chi connectivity index (χ0v) is 23.5. The van der Waals surface area contributed by atoms with E-state index in [4.69, 9.17) is 34.7 Å². The molecule has 37 heavy (non-hydrogen) atoms. The summed E-state index contributed by atoms with van der Waals surface area (Å²) >= 11 is 10.4. The highest BCUT2D eigenvalue weighted by Gasteiger charge is 2.83. The summed E-state index contributed by atoms with van der Waals surface area (Å²) in [6.45, 7) is 12.4. The number of esters is 2. The summed E-state index contributed by atoms with van der Waals surface area (Å²) in [5.74, 6) is -1.12. The number of allylic oxidation sites excluding steroid dienone is 4. The molecule has 0 aromatic carbocycles. The molecule has 7 aliphatic rings. The van der Waals surface area contributed by atoms with Crippen LogP contribution >= 0.6 is 25.3 Å². The number of rotatable bonds is 0. The maximum absolute atomic E-state index is 14.4. The summed E-state index contributed by atoms with van der Waals surface area (Å²) < 4.78 is 12.1. The van der Waals surface area contributed by atoms with E-state index < -0.39 is 27.1 Å². The maximum atomic E-state index is 14.4. The van der Waals surface area contributed by atoms with Gasteiger partial charge in [0.2, 0.25) is 0 Å². The second-order valence-corrected chi connectivity index (χ2v) is 14.8. The fourth-order valence-corrected chi connectivity index (χ4v) is 11.2. The second kappa shape index (κ2) is 7.07. The first kappa shape index (κ1) is 24.3. The van der Waals surface area contributed by atoms with Gasteiger partial charge < -0.3 is 9.47 Å². The summed E-state index contributed by atoms with van der Waals surface area (Å²) in [4.78, 5) is 40.1. The first-order chi connectivity index (χ1) is 17.3. The Morgan fingerprint density at radius 2 is 1.81 bits per heavy atom. The molecule has 0 amide bonds. The molecule has 7 heteroatoms. The number of carbonyl (C=O) groups is 3. The fourth-order valence-electron chi connectivity index (χ4n) is 10.1. The van der Waals surface area contributed by atoms with E-state index in [0.29, 0.717) is 18.4 Å². The first-order valence-corrected chi connectivity index (χ1v) is 14.4. The molecule has 0 aromatic heterocycles. The van der Waals surface area contributed by atoms with Gasteiger partial charge in [0, 0.05) is 55.6 Å². The van der Waals surface area contributed by atoms with Crippen molar-refractivity contribution in [3.8, 4) is 0 Å². The van der Waals surface area contributed by atoms with Crippen LogP contribution in [0.2, 0.25) is 0 Å². The molecule has 11 atom stereocenters. The number of hydrogen-bond donors (Lipinski definition) is 2. The van der Waals surface area contributed by atoms with Crippen molar-refractivity contribution in [1.82, 2.24) is 0 Å². The Morgan fingerprint density at radius 3 is 2.54 bits per heavy atom. The second-order valence-electron chi connectivity index (χ2n) is 13.2. The molecule has 196 valence electrons. The van der Waals surface area contributed by atoms with E-state index >= 15 is 0 Å². The highest BCUT2D eigenvalue weighted by Crippen LogP contribution is 2.81. The quantitative estimate of drug-likeness (QED) is 0.200. The minimum Gasteiger partial charge on any atom is -0.461 e. The van der Waals surface area contributed by atoms with Gasteiger partial charge in [0.15, 0.2) is 5.78 Å². The molecule has 8 unspecified atom stereocenters. The van der Waals surface area contributed by atoms with Gasteiger partial charge in [-0.25, -0.2) is 4.79 Å². The van der Waals surface area contributed by atoms with Crippen LogP contribution in [0.3, 0.4) is 0 Å². The number of carbonyl (C=O) groups excluding carboxylic acids is 3. The Bertz CT molecular complexity index is 1310. The Hall–Kier alpha value is -1.73. The number of thiol groups is 2. The number of fused-ring (bicyclic) bond motifs is 6. The monoisotopic (exact) mass is 538 g/mol. The van der Waals surface area contributed by atoms with Gasteiger partial charge in [-0.1, -0.05) is 36.8 Å². The molecule has 2 saturated heterocycles. The highest BCUT2D eigenvalue weighted by molar-refractivity contribution is 7.81. The van der Waals surface area contributed by atoms with Crippen LogP contribution in [0.5, 0.6) is 0 Å². The minimum atomic E-state index is -0.854. The summed E-state index contributed by atoms with van der Waals surface area (Å²) in [6, 6.07) is 0. The van der Waals surface area contributed by atoms with Crippen molar-refractivity contribution in [2.24, 2.45) is 39.9 Å². The SMILES string of the molecule is C=C1C(=O)OC2C1CC[C@](C)(S)C13C=C[C@](C)(C21)C1(C3)C(=O)OC2C3C(C)=CC(=O)C3=C(C)C[C@H](S)C21. The van der Waals surface area contributed by atoms with Gasteiger partial charge in [-0.2, -0.15) is 25.3 Å². The molecule has 5 nitrogen and oxygen atoms in total. The van der Waals surface area contributed by atoms with Crippen LogP contribution in [0, 0.1) is 39.9 Å². The van der Waals surface area contributed by atoms with Crippen LogP contribution in [0.15, 0.2) is 47.1 Å². The predicted molar refractivity (Wildman–Crippen MR) is 145 cm³/mol. The third-order valence-corrected chi connectivity index (χ3v) is 12.9. The highest BCUT2D eigenvalue weighted by atomic mass is 32.1. The van der Waals surface area contributed by atoms with Crippen molar-refractivity contribution in [2.45, 2.75) is 75.6 Å². The van der Waals surface area contributed by atoms with Crippen molar-refractivity contribution >= 4 is 43.0 Å². The van der Waals surface area contributed by atoms with Crippen LogP contribution in [-0.4, -0.2) is 39.9 Å². The molecule has 0 N–H and O–H groups in total. The Labute approximate surface area is 229 Å². The maximum Gasteiger partial charge on any atom is 0.334 e. The topological polar surface area (TPSA) is 69.7 Å². The normalized spacial score (nSPS) is 53.5. The van der Waals surface area contributed by atoms with Crippen LogP contribution in [0.25, 0.3) is 0 Å². The molecule has 4 fully saturated rings. The molecule has 0 radical (unpaired) electrons. The summed E-state index contributed by atoms with van der Waals surface area (Å²) in [6.07, 6.45) is 8.20. The van der Waals surface area contributed by atoms with E-state index in [9.17, 15) is 14.4 Å². The van der Waals surface area contributed by atoms with Crippen molar-refractivity contribution in [3.63, 3.8) is 0 Å². The predicted octanol–water partition coefficient (Wildman–Crippen LogP) is 4.84. The Balaban J connectivity index is 1.43. The third kappa shape index (κ3) is 2.51. The van der Waals surface area contributed by atoms with E-state index in [-0.39, 0.29) is 52.7 Å². The fraction of sp³-hybridized carbons (Fsp3) is 0.633. The van der Waals surface area contributed by atoms with E-state index in [1.165, 1.54) is 0 Å². The largest absolute Gasteiger partial charge is 0.461 e. The van der Waals surface area contributed by atoms with Gasteiger partial charge in [-0.15, -0.1) is 0 Å². The third-order valence-electron chi connectivity index (χ3n) is 11.8. The number of ketones is 1. The van der Waals surface area contributed by atoms with Crippen LogP contribution in [0.4, 0.5) is 0 Å². The van der Waals surface area contributed by atoms with Gasteiger partial charge in [0.25, 0.3) is 0 Å². The van der Waals surface area contributed by atoms with E-state index in [1.807, 2.05) is 13.8 Å². The van der Waals surface area contributed by atoms with E-state index in [1.54, 1.807) is 6.08 Å². The lowest BCUT2D eigenvalue weighted by Crippen LogP contribution is -2.51. The average molecular weight is 539 g/mol. The summed E-state index contributed by atoms with van der Waals surface area (Å²) in [5.41, 5.74) is 1.39. The van der Waals surface area contributed by atoms with Gasteiger partial charge in [0.1, 0.15) is 12.2 Å². The van der Waals surface area contributed by atoms with E-state index in [0.717, 1.165) is 29.6 Å². The first-order valence-electron chi connectivity index (χ1n) is 13.4. The molecule has 5 aliphatic carbocycles. The van der Waals surface area contributed by atoms with Crippen molar-refractivity contribution in [3.05, 3.63) is 47.1 Å². The molecule has 1 spiro atoms. The van der Waals surface area contributed by atoms with Crippen molar-refractivity contribution in [1.29, 1.82) is 0 Å². The lowest BCUT2D eigenvalue weighted by atomic mass is 9.55. The molecule has 2 aliphatic heterocycles. The van der Waals surface area contributed by atoms with Crippen molar-refractivity contribution < 1.29 is 23.9 Å². The molecular weight excluding hydrogens is 504 g/mol. The van der Waals surface area contributed by atoms with Crippen molar-refractivity contribution in [2.75, 3.05) is 0 Å². The van der Waals surface area contributed by atoms with Crippen LogP contribution in [-0.2, 0) is 23.9 Å². The Morgan fingerprint density at radius 1 is 1.08 bits per heavy atom. The number of hydrogen-bond acceptors (Lipinski definition) is 7. The molecule has 2 heterocycles. The summed E-state index contributed by atoms with van der Waals surface area (Å²) in [7, 11) is 0. The van der Waals surface area contributed by atoms with Crippen LogP contribution < -0.4 is 0 Å². The standard InChI is InChI=1S/C30H34O5S2/c1-13-10-17(31)19-14(2)11-18(36)21-23(20(13)19)35-26(33)30(21)12-29-9-8-27(30,4)24(29)22-16(6-7-28(29,5)37)15(3)25(32)34-22/h8-10,16,18,20-24,36-37H,3,6-7,11-12H2,1-2,4-5H3/t16?,18-,20?,21?,22?,23?,24?,27+,28-,29?,30?/m0/s1. The molecular formula is C30H34O5S2. The molecule has 2 bridgehead atoms. The zero-order valence-electron chi connectivity index (χ0n) is 21.7. The molecule has 0 aromatic rings. The lowest BCUT2D eigenvalue weighted by molar-refractivity contribution is -0.155. The van der Waals surface area contributed by atoms with Crippen LogP contribution in [0.1, 0.15) is 53.4 Å². The molecule has 7 rings (SSSR count). The number of ether oxygens (including phenoxy) is 2. The van der Waals surface area contributed by atoms with Gasteiger partial charge >= 0.3 is 11.9 Å². The summed E-state index contributed by atoms with van der Waals surface area (Å²) in [5, 5.41) is -0.150. The van der Waals surface area contributed by atoms with Gasteiger partial charge in [0.05, 0.1) is 5.41 Å². The van der Waals surface area contributed by atoms with Gasteiger partial charge in [-0.3, -0.25) is 9.59 Å². The lowest BCUT2D eigenvalue weighted by Gasteiger charge is -2.46. The van der Waals surface area contributed by atoms with Gasteiger partial charge in [-0.05, 0) is 52.5 Å².